The molecular weight excluding hydrogens is 388 g/mol. The van der Waals surface area contributed by atoms with E-state index in [1.54, 1.807) is 11.8 Å². The first-order chi connectivity index (χ1) is 13.8. The van der Waals surface area contributed by atoms with Crippen molar-refractivity contribution in [2.45, 2.75) is 32.0 Å². The van der Waals surface area contributed by atoms with Crippen molar-refractivity contribution < 1.29 is 28.5 Å². The number of anilines is 1. The molecule has 2 aromatic rings. The highest BCUT2D eigenvalue weighted by molar-refractivity contribution is 5.86. The van der Waals surface area contributed by atoms with Crippen LogP contribution < -0.4 is 15.1 Å². The van der Waals surface area contributed by atoms with E-state index in [0.29, 0.717) is 19.6 Å². The molecule has 0 aliphatic carbocycles. The van der Waals surface area contributed by atoms with Gasteiger partial charge in [0.15, 0.2) is 11.6 Å². The molecular formula is C19H21F2N3O5. The van der Waals surface area contributed by atoms with E-state index in [-0.39, 0.29) is 41.8 Å². The minimum absolute atomic E-state index is 0.0332. The number of hydrogen-bond donors (Lipinski definition) is 2. The Morgan fingerprint density at radius 1 is 1.31 bits per heavy atom. The van der Waals surface area contributed by atoms with E-state index < -0.39 is 29.0 Å². The number of halogens is 2. The Labute approximate surface area is 164 Å². The van der Waals surface area contributed by atoms with Crippen molar-refractivity contribution in [3.05, 3.63) is 34.1 Å². The number of piperazine rings is 1. The topological polar surface area (TPSA) is 95.2 Å². The van der Waals surface area contributed by atoms with Gasteiger partial charge in [0.1, 0.15) is 11.5 Å². The lowest BCUT2D eigenvalue weighted by Crippen LogP contribution is -2.47. The summed E-state index contributed by atoms with van der Waals surface area (Å²) < 4.78 is 36.3. The zero-order valence-corrected chi connectivity index (χ0v) is 15.8. The monoisotopic (exact) mass is 409 g/mol. The second-order valence-corrected chi connectivity index (χ2v) is 7.31. The summed E-state index contributed by atoms with van der Waals surface area (Å²) in [6.45, 7) is 3.52. The number of rotatable bonds is 5. The lowest BCUT2D eigenvalue weighted by atomic mass is 10.1. The molecule has 8 nitrogen and oxygen atoms in total. The first kappa shape index (κ1) is 19.6. The van der Waals surface area contributed by atoms with Crippen molar-refractivity contribution in [2.24, 2.45) is 0 Å². The van der Waals surface area contributed by atoms with Crippen LogP contribution >= 0.6 is 0 Å². The predicted molar refractivity (Wildman–Crippen MR) is 101 cm³/mol. The summed E-state index contributed by atoms with van der Waals surface area (Å²) in [5, 5.41) is 17.7. The zero-order chi connectivity index (χ0) is 20.9. The molecule has 2 atom stereocenters. The molecule has 1 aromatic heterocycles. The largest absolute Gasteiger partial charge is 0.511 e. The highest BCUT2D eigenvalue weighted by Crippen LogP contribution is 2.39. The SMILES string of the molecule is CCn1cc(OC(=O)O)c(=O)c2cc(F)c(N3CC4CC3CN4CCO)c(F)c21. The van der Waals surface area contributed by atoms with Gasteiger partial charge in [0.2, 0.25) is 5.43 Å². The number of nitrogens with zero attached hydrogens (tertiary/aromatic N) is 3. The number of aliphatic hydroxyl groups is 1. The molecule has 0 radical (unpaired) electrons. The Morgan fingerprint density at radius 3 is 2.66 bits per heavy atom. The summed E-state index contributed by atoms with van der Waals surface area (Å²) in [7, 11) is 0. The second kappa shape index (κ2) is 7.27. The van der Waals surface area contributed by atoms with Gasteiger partial charge in [-0.25, -0.2) is 13.6 Å². The zero-order valence-electron chi connectivity index (χ0n) is 15.8. The first-order valence-electron chi connectivity index (χ1n) is 9.43. The lowest BCUT2D eigenvalue weighted by Gasteiger charge is -2.35. The van der Waals surface area contributed by atoms with E-state index in [0.717, 1.165) is 18.7 Å². The van der Waals surface area contributed by atoms with Gasteiger partial charge in [-0.2, -0.15) is 0 Å². The second-order valence-electron chi connectivity index (χ2n) is 7.31. The fraction of sp³-hybridized carbons (Fsp3) is 0.474. The molecule has 0 saturated carbocycles. The number of pyridine rings is 1. The van der Waals surface area contributed by atoms with Gasteiger partial charge >= 0.3 is 6.16 Å². The highest BCUT2D eigenvalue weighted by Gasteiger charge is 2.44. The third-order valence-corrected chi connectivity index (χ3v) is 5.76. The Morgan fingerprint density at radius 2 is 2.07 bits per heavy atom. The number of benzene rings is 1. The Balaban J connectivity index is 1.82. The van der Waals surface area contributed by atoms with Crippen LogP contribution in [0.15, 0.2) is 17.1 Å². The van der Waals surface area contributed by atoms with Crippen LogP contribution in [-0.4, -0.2) is 64.2 Å². The number of fused-ring (bicyclic) bond motifs is 3. The number of carboxylic acid groups (broad SMARTS) is 1. The van der Waals surface area contributed by atoms with Crippen LogP contribution in [0.1, 0.15) is 13.3 Å². The number of aryl methyl sites for hydroxylation is 1. The Hall–Kier alpha value is -2.72. The van der Waals surface area contributed by atoms with E-state index in [9.17, 15) is 14.0 Å². The standard InChI is InChI=1S/C19H21F2N3O5/c1-2-22-9-14(29-19(27)28)18(26)12-6-13(20)17(15(21)16(12)22)24-8-10-5-11(24)7-23(10)3-4-25/h6,9-11,25H,2-5,7-8H2,1H3,(H,27,28). The average Bonchev–Trinajstić information content (AvgIpc) is 3.24. The maximum Gasteiger partial charge on any atom is 0.511 e. The molecule has 4 rings (SSSR count). The first-order valence-corrected chi connectivity index (χ1v) is 9.43. The fourth-order valence-corrected chi connectivity index (χ4v) is 4.55. The molecule has 2 fully saturated rings. The van der Waals surface area contributed by atoms with Crippen LogP contribution in [0.25, 0.3) is 10.9 Å². The maximum atomic E-state index is 15.5. The van der Waals surface area contributed by atoms with Crippen LogP contribution in [0.2, 0.25) is 0 Å². The molecule has 29 heavy (non-hydrogen) atoms. The van der Waals surface area contributed by atoms with Gasteiger partial charge in [-0.05, 0) is 19.4 Å². The van der Waals surface area contributed by atoms with Gasteiger partial charge in [0.05, 0.1) is 23.7 Å². The van der Waals surface area contributed by atoms with E-state index in [1.165, 1.54) is 4.57 Å². The Bertz CT molecular complexity index is 1040. The van der Waals surface area contributed by atoms with E-state index >= 15 is 4.39 Å². The molecule has 2 saturated heterocycles. The lowest BCUT2D eigenvalue weighted by molar-refractivity contribution is 0.144. The number of aromatic nitrogens is 1. The van der Waals surface area contributed by atoms with Crippen LogP contribution in [-0.2, 0) is 6.54 Å². The third-order valence-electron chi connectivity index (χ3n) is 5.76. The molecule has 2 aliphatic heterocycles. The molecule has 2 bridgehead atoms. The molecule has 156 valence electrons. The number of hydrogen-bond acceptors (Lipinski definition) is 6. The highest BCUT2D eigenvalue weighted by atomic mass is 19.1. The quantitative estimate of drug-likeness (QED) is 0.725. The molecule has 2 aliphatic rings. The van der Waals surface area contributed by atoms with Crippen molar-refractivity contribution in [1.82, 2.24) is 9.47 Å². The summed E-state index contributed by atoms with van der Waals surface area (Å²) in [4.78, 5) is 27.1. The molecule has 1 aromatic carbocycles. The van der Waals surface area contributed by atoms with E-state index in [4.69, 9.17) is 10.2 Å². The predicted octanol–water partition coefficient (Wildman–Crippen LogP) is 1.61. The molecule has 2 N–H and O–H groups in total. The fourth-order valence-electron chi connectivity index (χ4n) is 4.55. The van der Waals surface area contributed by atoms with Crippen LogP contribution in [0, 0.1) is 11.6 Å². The minimum atomic E-state index is -1.68. The van der Waals surface area contributed by atoms with Crippen molar-refractivity contribution in [3.63, 3.8) is 0 Å². The van der Waals surface area contributed by atoms with E-state index in [2.05, 4.69) is 9.64 Å². The smallest absolute Gasteiger partial charge is 0.449 e. The van der Waals surface area contributed by atoms with Gasteiger partial charge in [-0.15, -0.1) is 0 Å². The minimum Gasteiger partial charge on any atom is -0.449 e. The molecule has 3 heterocycles. The normalized spacial score (nSPS) is 21.3. The van der Waals surface area contributed by atoms with Gasteiger partial charge < -0.3 is 24.4 Å². The Kier molecular flexibility index (Phi) is 4.91. The summed E-state index contributed by atoms with van der Waals surface area (Å²) in [5.41, 5.74) is -1.14. The average molecular weight is 409 g/mol. The number of carbonyl (C=O) groups is 1. The van der Waals surface area contributed by atoms with Gasteiger partial charge in [-0.1, -0.05) is 0 Å². The number of ether oxygens (including phenoxy) is 1. The summed E-state index contributed by atoms with van der Waals surface area (Å²) in [5.74, 6) is -2.22. The van der Waals surface area contributed by atoms with Crippen LogP contribution in [0.3, 0.4) is 0 Å². The molecule has 10 heteroatoms. The van der Waals surface area contributed by atoms with Crippen LogP contribution in [0.4, 0.5) is 19.3 Å². The van der Waals surface area contributed by atoms with E-state index in [1.807, 2.05) is 0 Å². The summed E-state index contributed by atoms with van der Waals surface area (Å²) >= 11 is 0. The molecule has 0 spiro atoms. The van der Waals surface area contributed by atoms with Crippen molar-refractivity contribution >= 4 is 22.7 Å². The van der Waals surface area contributed by atoms with Crippen molar-refractivity contribution in [1.29, 1.82) is 0 Å². The maximum absolute atomic E-state index is 15.5. The summed E-state index contributed by atoms with van der Waals surface area (Å²) in [6, 6.07) is 0.986. The van der Waals surface area contributed by atoms with Gasteiger partial charge in [0.25, 0.3) is 0 Å². The molecule has 2 unspecified atom stereocenters. The number of β-amino-alcohol motifs (C(OH)–C–C–N with tert-alkyl or cyclic N) is 1. The van der Waals surface area contributed by atoms with Gasteiger partial charge in [-0.3, -0.25) is 9.69 Å². The van der Waals surface area contributed by atoms with Crippen molar-refractivity contribution in [2.75, 3.05) is 31.1 Å². The number of likely N-dealkylation sites (tertiary alicyclic amines) is 1. The van der Waals surface area contributed by atoms with Gasteiger partial charge in [0, 0.05) is 38.3 Å². The van der Waals surface area contributed by atoms with Crippen LogP contribution in [0.5, 0.6) is 5.75 Å². The number of aliphatic hydroxyl groups excluding tert-OH is 1. The third kappa shape index (κ3) is 3.12. The summed E-state index contributed by atoms with van der Waals surface area (Å²) in [6.07, 6.45) is 0.202. The molecule has 0 amide bonds. The van der Waals surface area contributed by atoms with Crippen molar-refractivity contribution in [3.8, 4) is 5.75 Å².